The highest BCUT2D eigenvalue weighted by atomic mass is 19.1. The maximum atomic E-state index is 16.6. The Balaban J connectivity index is 1.47. The van der Waals surface area contributed by atoms with Crippen LogP contribution in [-0.2, 0) is 108 Å². The van der Waals surface area contributed by atoms with Gasteiger partial charge in [-0.05, 0) is 89.3 Å². The van der Waals surface area contributed by atoms with Crippen LogP contribution in [0.25, 0.3) is 0 Å². The molecule has 0 saturated carbocycles. The molecule has 25 nitrogen and oxygen atoms in total. The van der Waals surface area contributed by atoms with E-state index in [1.165, 1.54) is 41.3 Å². The molecule has 1 spiro atoms. The minimum Gasteiger partial charge on any atom is -0.455 e. The number of nitrogens with zero attached hydrogens (tertiary/aromatic N) is 2. The Hall–Kier alpha value is -10.5. The Labute approximate surface area is 500 Å². The van der Waals surface area contributed by atoms with Crippen molar-refractivity contribution in [3.05, 3.63) is 141 Å². The first-order chi connectivity index (χ1) is 41.6. The van der Waals surface area contributed by atoms with Gasteiger partial charge in [0, 0.05) is 75.8 Å². The minimum absolute atomic E-state index is 0.0103. The molecule has 7 rings (SSSR count). The molecule has 0 N–H and O–H groups in total. The standard InChI is InChI=1S/C61H58F2N2O23/c1-32-14-15-49(64(24-55(72)81-28-77-33(2)66)25-56(73)82-29-78-34(3)67)54(16-32)87-51-13-11-10-12-39(51)17-40-18-42-41(19-50(40)65(26-57(74)83-30-79-35(4)68)27-58(75)84-31-80-36(5)69)59(76)88-61(42)45-20-47(62)52(85-37(6)70)22-43(45)60(8,9)44-23-53(86-38(7)71)48(63)21-46(44)61/h10-16,18-23H,17,24-31H2,1-9H3. The van der Waals surface area contributed by atoms with E-state index in [0.717, 1.165) is 58.6 Å². The third-order valence-electron chi connectivity index (χ3n) is 13.4. The maximum absolute atomic E-state index is 16.6. The minimum atomic E-state index is -2.31. The van der Waals surface area contributed by atoms with Crippen LogP contribution in [0, 0.1) is 18.6 Å². The fourth-order valence-electron chi connectivity index (χ4n) is 9.67. The van der Waals surface area contributed by atoms with Gasteiger partial charge < -0.3 is 66.6 Å². The van der Waals surface area contributed by atoms with Gasteiger partial charge in [-0.1, -0.05) is 38.1 Å². The smallest absolute Gasteiger partial charge is 0.340 e. The Bertz CT molecular complexity index is 3510. The highest BCUT2D eigenvalue weighted by molar-refractivity contribution is 5.99. The van der Waals surface area contributed by atoms with Crippen molar-refractivity contribution in [1.82, 2.24) is 0 Å². The first-order valence-corrected chi connectivity index (χ1v) is 26.6. The second kappa shape index (κ2) is 27.7. The summed E-state index contributed by atoms with van der Waals surface area (Å²) >= 11 is 0. The third-order valence-corrected chi connectivity index (χ3v) is 13.4. The molecule has 0 aromatic heterocycles. The van der Waals surface area contributed by atoms with E-state index in [2.05, 4.69) is 0 Å². The van der Waals surface area contributed by atoms with Gasteiger partial charge in [0.25, 0.3) is 0 Å². The zero-order valence-electron chi connectivity index (χ0n) is 48.9. The Morgan fingerprint density at radius 3 is 1.32 bits per heavy atom. The van der Waals surface area contributed by atoms with Crippen LogP contribution < -0.4 is 24.0 Å². The summed E-state index contributed by atoms with van der Waals surface area (Å²) in [5.74, 6) is -13.3. The van der Waals surface area contributed by atoms with Crippen LogP contribution in [0.2, 0.25) is 0 Å². The molecule has 1 aliphatic carbocycles. The molecule has 0 fully saturated rings. The summed E-state index contributed by atoms with van der Waals surface area (Å²) in [4.78, 5) is 142. The number of para-hydroxylation sites is 1. The van der Waals surface area contributed by atoms with Gasteiger partial charge in [0.05, 0.1) is 11.3 Å². The lowest BCUT2D eigenvalue weighted by Crippen LogP contribution is -2.42. The second-order valence-electron chi connectivity index (χ2n) is 20.2. The van der Waals surface area contributed by atoms with Gasteiger partial charge in [-0.2, -0.15) is 0 Å². The molecule has 5 aromatic rings. The molecule has 5 aromatic carbocycles. The summed E-state index contributed by atoms with van der Waals surface area (Å²) in [6, 6.07) is 18.1. The molecule has 27 heteroatoms. The van der Waals surface area contributed by atoms with E-state index in [4.69, 9.17) is 56.8 Å². The van der Waals surface area contributed by atoms with E-state index in [1.54, 1.807) is 51.1 Å². The van der Waals surface area contributed by atoms with E-state index in [1.807, 2.05) is 0 Å². The fourth-order valence-corrected chi connectivity index (χ4v) is 9.67. The molecule has 88 heavy (non-hydrogen) atoms. The number of hydrogen-bond donors (Lipinski definition) is 0. The highest BCUT2D eigenvalue weighted by Gasteiger charge is 2.57. The molecule has 464 valence electrons. The normalized spacial score (nSPS) is 12.7. The Kier molecular flexibility index (Phi) is 20.5. The maximum Gasteiger partial charge on any atom is 0.340 e. The van der Waals surface area contributed by atoms with Crippen molar-refractivity contribution >= 4 is 77.0 Å². The molecule has 0 unspecified atom stereocenters. The summed E-state index contributed by atoms with van der Waals surface area (Å²) in [5, 5.41) is 0. The van der Waals surface area contributed by atoms with E-state index in [9.17, 15) is 52.7 Å². The lowest BCUT2D eigenvalue weighted by molar-refractivity contribution is -0.167. The summed E-state index contributed by atoms with van der Waals surface area (Å²) in [6.45, 7) is 5.12. The Morgan fingerprint density at radius 1 is 0.455 bits per heavy atom. The summed E-state index contributed by atoms with van der Waals surface area (Å²) in [6.07, 6.45) is -0.314. The number of carbonyl (C=O) groups is 11. The van der Waals surface area contributed by atoms with Crippen molar-refractivity contribution < 1.29 is 118 Å². The van der Waals surface area contributed by atoms with Gasteiger partial charge in [0.1, 0.15) is 31.9 Å². The van der Waals surface area contributed by atoms with Gasteiger partial charge in [-0.25, -0.2) is 13.6 Å². The zero-order valence-corrected chi connectivity index (χ0v) is 48.9. The number of esters is 11. The van der Waals surface area contributed by atoms with Crippen LogP contribution in [0.3, 0.4) is 0 Å². The van der Waals surface area contributed by atoms with Gasteiger partial charge in [-0.15, -0.1) is 0 Å². The lowest BCUT2D eigenvalue weighted by atomic mass is 9.61. The number of benzene rings is 5. The highest BCUT2D eigenvalue weighted by Crippen LogP contribution is 2.59. The van der Waals surface area contributed by atoms with Crippen LogP contribution in [-0.4, -0.2) is 119 Å². The monoisotopic (exact) mass is 1220 g/mol. The van der Waals surface area contributed by atoms with E-state index in [-0.39, 0.29) is 73.8 Å². The molecule has 0 saturated heterocycles. The third kappa shape index (κ3) is 15.5. The number of carbonyl (C=O) groups excluding carboxylic acids is 11. The van der Waals surface area contributed by atoms with E-state index < -0.39 is 153 Å². The predicted molar refractivity (Wildman–Crippen MR) is 295 cm³/mol. The molecule has 0 bridgehead atoms. The summed E-state index contributed by atoms with van der Waals surface area (Å²) < 4.78 is 96.7. The molecule has 1 heterocycles. The van der Waals surface area contributed by atoms with Crippen LogP contribution in [0.4, 0.5) is 20.2 Å². The number of anilines is 2. The van der Waals surface area contributed by atoms with Crippen molar-refractivity contribution in [2.45, 2.75) is 79.8 Å². The number of rotatable bonds is 24. The van der Waals surface area contributed by atoms with Crippen molar-refractivity contribution in [2.24, 2.45) is 0 Å². The summed E-state index contributed by atoms with van der Waals surface area (Å²) in [7, 11) is 0. The second-order valence-corrected chi connectivity index (χ2v) is 20.2. The Morgan fingerprint density at radius 2 is 0.886 bits per heavy atom. The lowest BCUT2D eigenvalue weighted by Gasteiger charge is -2.44. The van der Waals surface area contributed by atoms with Crippen LogP contribution in [0.15, 0.2) is 78.9 Å². The number of fused-ring (bicyclic) bond motifs is 6. The zero-order chi connectivity index (χ0) is 64.4. The van der Waals surface area contributed by atoms with Crippen LogP contribution >= 0.6 is 0 Å². The van der Waals surface area contributed by atoms with Gasteiger partial charge >= 0.3 is 65.7 Å². The molecule has 0 atom stereocenters. The molecular weight excluding hydrogens is 1170 g/mol. The van der Waals surface area contributed by atoms with Gasteiger partial charge in [0.15, 0.2) is 34.5 Å². The average Bonchev–Trinajstić information content (AvgIpc) is 1.33. The van der Waals surface area contributed by atoms with Gasteiger partial charge in [-0.3, -0.25) is 47.9 Å². The van der Waals surface area contributed by atoms with Crippen LogP contribution in [0.5, 0.6) is 23.0 Å². The number of ether oxygens (including phenoxy) is 12. The van der Waals surface area contributed by atoms with Crippen molar-refractivity contribution in [1.29, 1.82) is 0 Å². The van der Waals surface area contributed by atoms with Crippen molar-refractivity contribution in [2.75, 3.05) is 63.2 Å². The largest absolute Gasteiger partial charge is 0.455 e. The molecule has 0 radical (unpaired) electrons. The van der Waals surface area contributed by atoms with Crippen molar-refractivity contribution in [3.63, 3.8) is 0 Å². The number of halogens is 2. The molecule has 2 aliphatic rings. The first-order valence-electron chi connectivity index (χ1n) is 26.6. The first kappa shape index (κ1) is 65.1. The van der Waals surface area contributed by atoms with E-state index >= 15 is 8.78 Å². The average molecular weight is 1230 g/mol. The molecule has 0 amide bonds. The fraction of sp³-hybridized carbons (Fsp3) is 0.328. The summed E-state index contributed by atoms with van der Waals surface area (Å²) in [5.41, 5.74) is -2.77. The SMILES string of the molecule is CC(=O)OCOC(=O)CN(CC(=O)OCOC(C)=O)c1cc2c(cc1Cc1ccccc1Oc1cc(C)ccc1N(CC(=O)OCOC(C)=O)CC(=O)OCOC(C)=O)C1(OC2=O)c2cc(F)c(OC(C)=O)cc2C(C)(C)c2cc(OC(C)=O)c(F)cc21. The predicted octanol–water partition coefficient (Wildman–Crippen LogP) is 6.48. The number of aryl methyl sites for hydroxylation is 1. The van der Waals surface area contributed by atoms with Gasteiger partial charge in [0.2, 0.25) is 27.2 Å². The molecular formula is C61H58F2N2O23. The van der Waals surface area contributed by atoms with E-state index in [0.29, 0.717) is 5.56 Å². The number of hydrogen-bond acceptors (Lipinski definition) is 25. The van der Waals surface area contributed by atoms with Crippen molar-refractivity contribution in [3.8, 4) is 23.0 Å². The molecule has 1 aliphatic heterocycles. The van der Waals surface area contributed by atoms with Crippen LogP contribution in [0.1, 0.15) is 110 Å². The quantitative estimate of drug-likeness (QED) is 0.0276. The topological polar surface area (TPSA) is 305 Å².